The first-order valence-corrected chi connectivity index (χ1v) is 7.96. The lowest BCUT2D eigenvalue weighted by molar-refractivity contribution is -0.168. The topological polar surface area (TPSA) is 52.6 Å². The zero-order chi connectivity index (χ0) is 16.6. The van der Waals surface area contributed by atoms with E-state index in [0.717, 1.165) is 18.4 Å². The van der Waals surface area contributed by atoms with Crippen LogP contribution in [0.5, 0.6) is 5.75 Å². The molecule has 0 unspecified atom stereocenters. The van der Waals surface area contributed by atoms with E-state index in [0.29, 0.717) is 25.2 Å². The molecular weight excluding hydrogens is 280 g/mol. The number of hydrogen-bond donors (Lipinski definition) is 0. The molecule has 122 valence electrons. The Morgan fingerprint density at radius 2 is 1.77 bits per heavy atom. The van der Waals surface area contributed by atoms with Gasteiger partial charge in [0.05, 0.1) is 6.61 Å². The van der Waals surface area contributed by atoms with Crippen LogP contribution in [0.4, 0.5) is 0 Å². The third-order valence-corrected chi connectivity index (χ3v) is 3.92. The van der Waals surface area contributed by atoms with Gasteiger partial charge >= 0.3 is 11.9 Å². The van der Waals surface area contributed by atoms with E-state index in [4.69, 9.17) is 9.47 Å². The van der Waals surface area contributed by atoms with E-state index < -0.39 is 17.4 Å². The average molecular weight is 306 g/mol. The molecule has 0 aliphatic carbocycles. The molecule has 0 N–H and O–H groups in total. The third kappa shape index (κ3) is 4.33. The van der Waals surface area contributed by atoms with E-state index in [-0.39, 0.29) is 0 Å². The van der Waals surface area contributed by atoms with Crippen LogP contribution in [0.1, 0.15) is 52.0 Å². The monoisotopic (exact) mass is 306 g/mol. The van der Waals surface area contributed by atoms with Crippen LogP contribution in [-0.2, 0) is 14.3 Å². The van der Waals surface area contributed by atoms with Crippen LogP contribution in [0, 0.1) is 12.3 Å². The maximum absolute atomic E-state index is 12.6. The first-order chi connectivity index (χ1) is 10.5. The van der Waals surface area contributed by atoms with Gasteiger partial charge in [-0.05, 0) is 43.9 Å². The summed E-state index contributed by atoms with van der Waals surface area (Å²) in [5.41, 5.74) is -0.230. The minimum Gasteiger partial charge on any atom is -0.465 e. The number of rotatable bonds is 8. The van der Waals surface area contributed by atoms with E-state index in [9.17, 15) is 9.59 Å². The second-order valence-electron chi connectivity index (χ2n) is 5.48. The zero-order valence-electron chi connectivity index (χ0n) is 14.0. The van der Waals surface area contributed by atoms with Crippen molar-refractivity contribution < 1.29 is 19.1 Å². The van der Waals surface area contributed by atoms with Crippen molar-refractivity contribution in [3.63, 3.8) is 0 Å². The average Bonchev–Trinajstić information content (AvgIpc) is 2.49. The first-order valence-electron chi connectivity index (χ1n) is 7.96. The summed E-state index contributed by atoms with van der Waals surface area (Å²) in [5.74, 6) is -0.564. The molecule has 0 saturated heterocycles. The van der Waals surface area contributed by atoms with Gasteiger partial charge in [-0.15, -0.1) is 0 Å². The van der Waals surface area contributed by atoms with Gasteiger partial charge in [0.25, 0.3) is 0 Å². The predicted octanol–water partition coefficient (Wildman–Crippen LogP) is 4.05. The largest absolute Gasteiger partial charge is 0.465 e. The van der Waals surface area contributed by atoms with Gasteiger partial charge < -0.3 is 9.47 Å². The van der Waals surface area contributed by atoms with Crippen LogP contribution in [-0.4, -0.2) is 18.5 Å². The molecule has 0 atom stereocenters. The summed E-state index contributed by atoms with van der Waals surface area (Å²) in [6.45, 7) is 7.90. The molecule has 4 nitrogen and oxygen atoms in total. The minimum atomic E-state index is -1.22. The Hall–Kier alpha value is -1.84. The number of carbonyl (C=O) groups excluding carboxylic acids is 2. The molecule has 1 aromatic carbocycles. The summed E-state index contributed by atoms with van der Waals surface area (Å²) in [5, 5.41) is 0. The Morgan fingerprint density at radius 3 is 2.32 bits per heavy atom. The first kappa shape index (κ1) is 18.2. The van der Waals surface area contributed by atoms with Gasteiger partial charge in [0.15, 0.2) is 5.41 Å². The van der Waals surface area contributed by atoms with Crippen LogP contribution in [0.15, 0.2) is 24.3 Å². The van der Waals surface area contributed by atoms with Crippen molar-refractivity contribution in [3.8, 4) is 5.75 Å². The van der Waals surface area contributed by atoms with Crippen LogP contribution in [0.3, 0.4) is 0 Å². The summed E-state index contributed by atoms with van der Waals surface area (Å²) in [7, 11) is 0. The number of carbonyl (C=O) groups is 2. The molecule has 0 aromatic heterocycles. The molecule has 0 bridgehead atoms. The van der Waals surface area contributed by atoms with Gasteiger partial charge in [-0.1, -0.05) is 39.3 Å². The summed E-state index contributed by atoms with van der Waals surface area (Å²) in [6.07, 6.45) is 2.45. The fourth-order valence-electron chi connectivity index (χ4n) is 2.24. The fraction of sp³-hybridized carbons (Fsp3) is 0.556. The summed E-state index contributed by atoms with van der Waals surface area (Å²) in [4.78, 5) is 24.9. The van der Waals surface area contributed by atoms with Crippen molar-refractivity contribution >= 4 is 11.9 Å². The SMILES string of the molecule is CCCCOC(=O)C(CC)(CC)C(=O)Oc1cccc(C)c1. The van der Waals surface area contributed by atoms with E-state index >= 15 is 0 Å². The Morgan fingerprint density at radius 1 is 1.09 bits per heavy atom. The second kappa shape index (κ2) is 8.57. The molecule has 0 fully saturated rings. The molecule has 0 spiro atoms. The molecule has 0 aliphatic heterocycles. The highest BCUT2D eigenvalue weighted by molar-refractivity contribution is 6.00. The van der Waals surface area contributed by atoms with Gasteiger partial charge in [-0.25, -0.2) is 0 Å². The Balaban J connectivity index is 2.88. The molecule has 0 aliphatic rings. The predicted molar refractivity (Wildman–Crippen MR) is 85.7 cm³/mol. The number of hydrogen-bond acceptors (Lipinski definition) is 4. The number of benzene rings is 1. The lowest BCUT2D eigenvalue weighted by Gasteiger charge is -2.26. The zero-order valence-corrected chi connectivity index (χ0v) is 14.0. The maximum atomic E-state index is 12.6. The molecule has 4 heteroatoms. The molecule has 0 heterocycles. The second-order valence-corrected chi connectivity index (χ2v) is 5.48. The summed E-state index contributed by atoms with van der Waals surface area (Å²) >= 11 is 0. The Kier molecular flexibility index (Phi) is 7.09. The third-order valence-electron chi connectivity index (χ3n) is 3.92. The van der Waals surface area contributed by atoms with Crippen LogP contribution < -0.4 is 4.74 Å². The number of aryl methyl sites for hydroxylation is 1. The van der Waals surface area contributed by atoms with Crippen molar-refractivity contribution in [2.75, 3.05) is 6.61 Å². The molecule has 22 heavy (non-hydrogen) atoms. The summed E-state index contributed by atoms with van der Waals surface area (Å²) in [6, 6.07) is 7.22. The van der Waals surface area contributed by atoms with Gasteiger partial charge in [-0.2, -0.15) is 0 Å². The van der Waals surface area contributed by atoms with Gasteiger partial charge in [0.1, 0.15) is 5.75 Å². The number of ether oxygens (including phenoxy) is 2. The van der Waals surface area contributed by atoms with Crippen LogP contribution in [0.2, 0.25) is 0 Å². The minimum absolute atomic E-state index is 0.342. The highest BCUT2D eigenvalue weighted by Crippen LogP contribution is 2.31. The van der Waals surface area contributed by atoms with Crippen molar-refractivity contribution in [1.29, 1.82) is 0 Å². The lowest BCUT2D eigenvalue weighted by Crippen LogP contribution is -2.42. The van der Waals surface area contributed by atoms with E-state index in [2.05, 4.69) is 0 Å². The van der Waals surface area contributed by atoms with Gasteiger partial charge in [0, 0.05) is 0 Å². The molecule has 0 saturated carbocycles. The highest BCUT2D eigenvalue weighted by Gasteiger charge is 2.46. The van der Waals surface area contributed by atoms with Crippen LogP contribution in [0.25, 0.3) is 0 Å². The fourth-order valence-corrected chi connectivity index (χ4v) is 2.24. The molecule has 1 rings (SSSR count). The van der Waals surface area contributed by atoms with E-state index in [1.165, 1.54) is 0 Å². The Bertz CT molecular complexity index is 504. The van der Waals surface area contributed by atoms with Crippen molar-refractivity contribution in [3.05, 3.63) is 29.8 Å². The lowest BCUT2D eigenvalue weighted by atomic mass is 9.82. The van der Waals surface area contributed by atoms with Gasteiger partial charge in [-0.3, -0.25) is 9.59 Å². The normalized spacial score (nSPS) is 11.1. The summed E-state index contributed by atoms with van der Waals surface area (Å²) < 4.78 is 10.7. The maximum Gasteiger partial charge on any atom is 0.328 e. The molecule has 1 aromatic rings. The number of esters is 2. The van der Waals surface area contributed by atoms with Crippen molar-refractivity contribution in [2.24, 2.45) is 5.41 Å². The number of unbranched alkanes of at least 4 members (excludes halogenated alkanes) is 1. The van der Waals surface area contributed by atoms with Gasteiger partial charge in [0.2, 0.25) is 0 Å². The molecular formula is C18H26O4. The van der Waals surface area contributed by atoms with Crippen molar-refractivity contribution in [2.45, 2.75) is 53.4 Å². The molecule has 0 amide bonds. The molecule has 0 radical (unpaired) electrons. The van der Waals surface area contributed by atoms with Crippen LogP contribution >= 0.6 is 0 Å². The standard InChI is InChI=1S/C18H26O4/c1-5-8-12-21-16(19)18(6-2,7-3)17(20)22-15-11-9-10-14(4)13-15/h9-11,13H,5-8,12H2,1-4H3. The van der Waals surface area contributed by atoms with Crippen molar-refractivity contribution in [1.82, 2.24) is 0 Å². The quantitative estimate of drug-likeness (QED) is 0.315. The van der Waals surface area contributed by atoms with E-state index in [1.807, 2.05) is 39.8 Å². The van der Waals surface area contributed by atoms with E-state index in [1.54, 1.807) is 12.1 Å². The smallest absolute Gasteiger partial charge is 0.328 e. The highest BCUT2D eigenvalue weighted by atomic mass is 16.6. The Labute approximate surface area is 132 Å².